The van der Waals surface area contributed by atoms with Gasteiger partial charge in [-0.2, -0.15) is 0 Å². The number of hydrogen-bond acceptors (Lipinski definition) is 7. The summed E-state index contributed by atoms with van der Waals surface area (Å²) in [6.07, 6.45) is 8.18. The predicted octanol–water partition coefficient (Wildman–Crippen LogP) is 0.863. The van der Waals surface area contributed by atoms with Crippen molar-refractivity contribution in [3.05, 3.63) is 47.4 Å². The summed E-state index contributed by atoms with van der Waals surface area (Å²) in [7, 11) is 0. The molecule has 2 atom stereocenters. The molecule has 0 aromatic carbocycles. The van der Waals surface area contributed by atoms with Gasteiger partial charge in [-0.15, -0.1) is 0 Å². The van der Waals surface area contributed by atoms with Crippen molar-refractivity contribution in [1.29, 1.82) is 5.41 Å². The number of hydrogen-bond donors (Lipinski definition) is 6. The summed E-state index contributed by atoms with van der Waals surface area (Å²) >= 11 is 0. The van der Waals surface area contributed by atoms with Gasteiger partial charge in [0, 0.05) is 47.6 Å². The van der Waals surface area contributed by atoms with Crippen molar-refractivity contribution >= 4 is 23.2 Å². The van der Waals surface area contributed by atoms with Crippen molar-refractivity contribution in [2.24, 2.45) is 11.7 Å². The number of aromatic nitrogens is 1. The number of nitrogens with zero attached hydrogens (tertiary/aromatic N) is 1. The minimum absolute atomic E-state index is 0.190. The molecule has 1 aromatic heterocycles. The van der Waals surface area contributed by atoms with Crippen LogP contribution in [0.1, 0.15) is 24.5 Å². The van der Waals surface area contributed by atoms with Crippen molar-refractivity contribution < 1.29 is 10.2 Å². The van der Waals surface area contributed by atoms with E-state index in [1.54, 1.807) is 12.4 Å². The van der Waals surface area contributed by atoms with Gasteiger partial charge in [-0.25, -0.2) is 4.98 Å². The Morgan fingerprint density at radius 3 is 2.88 bits per heavy atom. The first kappa shape index (κ1) is 18.7. The van der Waals surface area contributed by atoms with E-state index < -0.39 is 6.10 Å². The van der Waals surface area contributed by atoms with E-state index in [1.807, 2.05) is 18.2 Å². The van der Waals surface area contributed by atoms with Crippen molar-refractivity contribution in [3.8, 4) is 0 Å². The Kier molecular flexibility index (Phi) is 6.32. The molecule has 0 fully saturated rings. The zero-order valence-corrected chi connectivity index (χ0v) is 14.2. The maximum absolute atomic E-state index is 9.36. The highest BCUT2D eigenvalue weighted by Crippen LogP contribution is 2.34. The zero-order valence-electron chi connectivity index (χ0n) is 14.2. The Morgan fingerprint density at radius 2 is 2.24 bits per heavy atom. The number of aliphatic hydroxyl groups excluding tert-OH is 2. The number of nitrogens with one attached hydrogen (secondary N) is 2. The lowest BCUT2D eigenvalue weighted by Gasteiger charge is -2.21. The van der Waals surface area contributed by atoms with Crippen molar-refractivity contribution in [1.82, 2.24) is 10.3 Å². The van der Waals surface area contributed by atoms with Crippen LogP contribution >= 0.6 is 0 Å². The molecule has 0 aliphatic heterocycles. The summed E-state index contributed by atoms with van der Waals surface area (Å²) in [6.45, 7) is 1.95. The lowest BCUT2D eigenvalue weighted by Crippen LogP contribution is -2.26. The van der Waals surface area contributed by atoms with Crippen LogP contribution in [-0.4, -0.2) is 40.7 Å². The smallest absolute Gasteiger partial charge is 0.130 e. The Morgan fingerprint density at radius 1 is 1.48 bits per heavy atom. The van der Waals surface area contributed by atoms with Crippen LogP contribution in [0.5, 0.6) is 0 Å². The van der Waals surface area contributed by atoms with Gasteiger partial charge in [0.1, 0.15) is 5.82 Å². The van der Waals surface area contributed by atoms with Crippen LogP contribution in [0.25, 0.3) is 11.1 Å². The fraction of sp³-hybridized carbons (Fsp3) is 0.333. The first-order chi connectivity index (χ1) is 12.0. The number of nitrogen functional groups attached to an aromatic ring is 1. The number of anilines is 1. The van der Waals surface area contributed by atoms with Gasteiger partial charge in [-0.3, -0.25) is 0 Å². The Balaban J connectivity index is 2.31. The summed E-state index contributed by atoms with van der Waals surface area (Å²) in [4.78, 5) is 4.26. The number of pyridine rings is 1. The fourth-order valence-electron chi connectivity index (χ4n) is 2.69. The summed E-state index contributed by atoms with van der Waals surface area (Å²) in [5.41, 5.74) is 16.0. The number of allylic oxidation sites excluding steroid dienone is 5. The lowest BCUT2D eigenvalue weighted by atomic mass is 9.86. The first-order valence-corrected chi connectivity index (χ1v) is 8.11. The lowest BCUT2D eigenvalue weighted by molar-refractivity contribution is 0.0972. The highest BCUT2D eigenvalue weighted by Gasteiger charge is 2.18. The normalized spacial score (nSPS) is 19.0. The molecule has 7 heteroatoms. The van der Waals surface area contributed by atoms with Crippen LogP contribution in [0.15, 0.2) is 36.3 Å². The SMILES string of the molecule is CC1CC(N)=CC=C1c1cc(/C(C=N)=C/NC[C@H](O)CO)cnc1N. The number of aliphatic hydroxyl groups is 2. The van der Waals surface area contributed by atoms with Gasteiger partial charge in [-0.1, -0.05) is 13.0 Å². The van der Waals surface area contributed by atoms with Crippen LogP contribution in [0.2, 0.25) is 0 Å². The van der Waals surface area contributed by atoms with Gasteiger partial charge in [0.05, 0.1) is 12.7 Å². The molecule has 7 nitrogen and oxygen atoms in total. The quantitative estimate of drug-likeness (QED) is 0.406. The highest BCUT2D eigenvalue weighted by molar-refractivity contribution is 6.08. The topological polar surface area (TPSA) is 141 Å². The van der Waals surface area contributed by atoms with Crippen molar-refractivity contribution in [2.45, 2.75) is 19.4 Å². The molecule has 25 heavy (non-hydrogen) atoms. The third kappa shape index (κ3) is 4.68. The van der Waals surface area contributed by atoms with Gasteiger partial charge in [0.25, 0.3) is 0 Å². The van der Waals surface area contributed by atoms with E-state index in [-0.39, 0.29) is 19.1 Å². The van der Waals surface area contributed by atoms with E-state index in [4.69, 9.17) is 22.0 Å². The second kappa shape index (κ2) is 8.46. The fourth-order valence-corrected chi connectivity index (χ4v) is 2.69. The molecule has 1 aliphatic rings. The molecule has 1 aliphatic carbocycles. The molecule has 1 aromatic rings. The molecule has 2 rings (SSSR count). The average molecular weight is 343 g/mol. The molecule has 0 spiro atoms. The van der Waals surface area contributed by atoms with Gasteiger partial charge in [-0.05, 0) is 30.1 Å². The summed E-state index contributed by atoms with van der Waals surface area (Å²) in [6, 6.07) is 1.90. The number of nitrogens with two attached hydrogens (primary N) is 2. The largest absolute Gasteiger partial charge is 0.402 e. The maximum Gasteiger partial charge on any atom is 0.130 e. The minimum Gasteiger partial charge on any atom is -0.402 e. The molecule has 0 saturated heterocycles. The van der Waals surface area contributed by atoms with E-state index in [9.17, 15) is 5.11 Å². The van der Waals surface area contributed by atoms with E-state index in [0.29, 0.717) is 11.4 Å². The van der Waals surface area contributed by atoms with E-state index in [2.05, 4.69) is 17.2 Å². The average Bonchev–Trinajstić information content (AvgIpc) is 2.59. The van der Waals surface area contributed by atoms with Gasteiger partial charge >= 0.3 is 0 Å². The summed E-state index contributed by atoms with van der Waals surface area (Å²) in [5, 5.41) is 28.7. The Labute approximate surface area is 147 Å². The standard InChI is InChI=1S/C18H25N5O2/c1-11-4-14(20)2-3-16(11)17-5-12(8-23-18(17)21)13(6-19)7-22-9-15(25)10-24/h2-3,5-8,11,15,19,22,24-25H,4,9-10,20H2,1H3,(H2,21,23)/b13-7+,19-6?/t11?,15-/m0/s1. The predicted molar refractivity (Wildman–Crippen MR) is 101 cm³/mol. The molecule has 0 bridgehead atoms. The molecule has 8 N–H and O–H groups in total. The van der Waals surface area contributed by atoms with E-state index in [0.717, 1.165) is 28.8 Å². The summed E-state index contributed by atoms with van der Waals surface area (Å²) < 4.78 is 0. The molecular weight excluding hydrogens is 318 g/mol. The monoisotopic (exact) mass is 343 g/mol. The zero-order chi connectivity index (χ0) is 18.4. The summed E-state index contributed by atoms with van der Waals surface area (Å²) in [5.74, 6) is 0.665. The van der Waals surface area contributed by atoms with Gasteiger partial charge in [0.15, 0.2) is 0 Å². The van der Waals surface area contributed by atoms with Gasteiger partial charge in [0.2, 0.25) is 0 Å². The molecule has 0 radical (unpaired) electrons. The van der Waals surface area contributed by atoms with Crippen molar-refractivity contribution in [3.63, 3.8) is 0 Å². The number of rotatable bonds is 7. The van der Waals surface area contributed by atoms with Crippen LogP contribution in [0.3, 0.4) is 0 Å². The molecule has 134 valence electrons. The Hall–Kier alpha value is -2.64. The molecule has 1 unspecified atom stereocenters. The van der Waals surface area contributed by atoms with Crippen LogP contribution in [-0.2, 0) is 0 Å². The Bertz CT molecular complexity index is 724. The van der Waals surface area contributed by atoms with Crippen molar-refractivity contribution in [2.75, 3.05) is 18.9 Å². The van der Waals surface area contributed by atoms with Crippen LogP contribution < -0.4 is 16.8 Å². The minimum atomic E-state index is -0.853. The first-order valence-electron chi connectivity index (χ1n) is 8.11. The van der Waals surface area contributed by atoms with Crippen LogP contribution in [0, 0.1) is 11.3 Å². The molecule has 1 heterocycles. The van der Waals surface area contributed by atoms with E-state index >= 15 is 0 Å². The second-order valence-electron chi connectivity index (χ2n) is 6.11. The third-order valence-corrected chi connectivity index (χ3v) is 4.09. The molecule has 0 amide bonds. The third-order valence-electron chi connectivity index (χ3n) is 4.09. The van der Waals surface area contributed by atoms with Crippen LogP contribution in [0.4, 0.5) is 5.82 Å². The molecular formula is C18H25N5O2. The van der Waals surface area contributed by atoms with E-state index in [1.165, 1.54) is 6.21 Å². The second-order valence-corrected chi connectivity index (χ2v) is 6.11. The van der Waals surface area contributed by atoms with Gasteiger partial charge < -0.3 is 32.4 Å². The highest BCUT2D eigenvalue weighted by atomic mass is 16.3. The maximum atomic E-state index is 9.36. The molecule has 0 saturated carbocycles.